The van der Waals surface area contributed by atoms with E-state index in [2.05, 4.69) is 0 Å². The minimum atomic E-state index is -0.623. The minimum Gasteiger partial charge on any atom is -0.330 e. The van der Waals surface area contributed by atoms with Crippen molar-refractivity contribution in [2.75, 3.05) is 18.6 Å². The van der Waals surface area contributed by atoms with Crippen molar-refractivity contribution in [2.45, 2.75) is 12.8 Å². The van der Waals surface area contributed by atoms with Gasteiger partial charge in [0.15, 0.2) is 0 Å². The van der Waals surface area contributed by atoms with Crippen LogP contribution in [0.15, 0.2) is 0 Å². The Balaban J connectivity index is 2.82. The van der Waals surface area contributed by atoms with Crippen LogP contribution in [0.2, 0.25) is 0 Å². The third-order valence-electron chi connectivity index (χ3n) is 0.886. The summed E-state index contributed by atoms with van der Waals surface area (Å²) in [6.45, 7) is 0.719. The maximum Gasteiger partial charge on any atom is 0.0232 e. The maximum absolute atomic E-state index is 10.4. The van der Waals surface area contributed by atoms with Gasteiger partial charge in [0, 0.05) is 22.8 Å². The van der Waals surface area contributed by atoms with Crippen LogP contribution in [0.3, 0.4) is 0 Å². The zero-order valence-corrected chi connectivity index (χ0v) is 6.04. The van der Waals surface area contributed by atoms with Crippen molar-refractivity contribution in [3.8, 4) is 0 Å². The molecule has 0 aromatic rings. The number of unbranched alkanes of at least 4 members (excludes halogenated alkanes) is 1. The fourth-order valence-corrected chi connectivity index (χ4v) is 1.06. The van der Waals surface area contributed by atoms with Crippen LogP contribution in [0.25, 0.3) is 0 Å². The number of hydrogen-bond acceptors (Lipinski definition) is 2. The van der Waals surface area contributed by atoms with E-state index < -0.39 is 10.8 Å². The summed E-state index contributed by atoms with van der Waals surface area (Å²) < 4.78 is 10.4. The molecule has 0 rings (SSSR count). The van der Waals surface area contributed by atoms with Crippen molar-refractivity contribution < 1.29 is 4.21 Å². The molecule has 0 aromatic carbocycles. The molecule has 0 aliphatic carbocycles. The molecular formula is C5H13NOS. The predicted octanol–water partition coefficient (Wildman–Crippen LogP) is 0.104. The van der Waals surface area contributed by atoms with Crippen LogP contribution in [0.1, 0.15) is 12.8 Å². The third kappa shape index (κ3) is 6.11. The first-order valence-electron chi connectivity index (χ1n) is 2.77. The van der Waals surface area contributed by atoms with E-state index in [0.29, 0.717) is 0 Å². The Bertz CT molecular complexity index is 74.8. The summed E-state index contributed by atoms with van der Waals surface area (Å²) in [5.74, 6) is 0.803. The number of nitrogens with two attached hydrogens (primary N) is 1. The third-order valence-corrected chi connectivity index (χ3v) is 1.75. The Labute approximate surface area is 52.9 Å². The summed E-state index contributed by atoms with van der Waals surface area (Å²) in [4.78, 5) is 0. The van der Waals surface area contributed by atoms with Crippen LogP contribution >= 0.6 is 0 Å². The topological polar surface area (TPSA) is 43.1 Å². The molecule has 50 valence electrons. The van der Waals surface area contributed by atoms with Gasteiger partial charge in [-0.05, 0) is 19.4 Å². The summed E-state index contributed by atoms with van der Waals surface area (Å²) in [5.41, 5.74) is 5.22. The average molecular weight is 137 g/mol. The molecule has 2 N–H and O–H groups in total. The van der Waals surface area contributed by atoms with Crippen LogP contribution < -0.4 is 5.73 Å². The fourth-order valence-electron chi connectivity index (χ4n) is 0.450. The Hall–Kier alpha value is 0.110. The lowest BCUT2D eigenvalue weighted by Gasteiger charge is -1.91. The molecule has 0 aliphatic rings. The van der Waals surface area contributed by atoms with E-state index in [0.717, 1.165) is 25.1 Å². The highest BCUT2D eigenvalue weighted by Gasteiger charge is 1.87. The van der Waals surface area contributed by atoms with Gasteiger partial charge in [0.2, 0.25) is 0 Å². The van der Waals surface area contributed by atoms with Gasteiger partial charge in [-0.25, -0.2) is 0 Å². The first-order valence-corrected chi connectivity index (χ1v) is 4.50. The molecular weight excluding hydrogens is 124 g/mol. The van der Waals surface area contributed by atoms with Crippen LogP contribution in [0.5, 0.6) is 0 Å². The van der Waals surface area contributed by atoms with Gasteiger partial charge in [0.05, 0.1) is 0 Å². The van der Waals surface area contributed by atoms with E-state index in [4.69, 9.17) is 5.73 Å². The highest BCUT2D eigenvalue weighted by Crippen LogP contribution is 1.86. The largest absolute Gasteiger partial charge is 0.330 e. The molecule has 0 heterocycles. The molecule has 8 heavy (non-hydrogen) atoms. The lowest BCUT2D eigenvalue weighted by Crippen LogP contribution is -2.01. The van der Waals surface area contributed by atoms with Gasteiger partial charge in [-0.15, -0.1) is 0 Å². The standard InChI is InChI=1S/C5H13NOS/c1-8(7)5-3-2-4-6/h2-6H2,1H3/i1+2. The molecule has 0 bridgehead atoms. The smallest absolute Gasteiger partial charge is 0.0232 e. The molecule has 3 heteroatoms. The maximum atomic E-state index is 10.4. The van der Waals surface area contributed by atoms with Gasteiger partial charge in [-0.1, -0.05) is 0 Å². The lowest BCUT2D eigenvalue weighted by atomic mass is 10.3. The SMILES string of the molecule is [14CH3]S(=O)CCCCN. The zero-order valence-electron chi connectivity index (χ0n) is 5.22. The summed E-state index contributed by atoms with van der Waals surface area (Å²) in [5, 5.41) is 0. The normalized spacial score (nSPS) is 13.8. The molecule has 2 nitrogen and oxygen atoms in total. The molecule has 0 saturated heterocycles. The summed E-state index contributed by atoms with van der Waals surface area (Å²) >= 11 is 0. The van der Waals surface area contributed by atoms with Crippen molar-refractivity contribution >= 4 is 10.8 Å². The fraction of sp³-hybridized carbons (Fsp3) is 1.00. The van der Waals surface area contributed by atoms with Crippen molar-refractivity contribution in [2.24, 2.45) is 5.73 Å². The second kappa shape index (κ2) is 5.25. The number of rotatable bonds is 4. The van der Waals surface area contributed by atoms with Crippen LogP contribution in [-0.4, -0.2) is 22.8 Å². The van der Waals surface area contributed by atoms with Crippen molar-refractivity contribution in [1.82, 2.24) is 0 Å². The monoisotopic (exact) mass is 137 g/mol. The summed E-state index contributed by atoms with van der Waals surface area (Å²) in [6.07, 6.45) is 3.72. The average Bonchev–Trinajstić information content (AvgIpc) is 1.66. The van der Waals surface area contributed by atoms with Gasteiger partial charge >= 0.3 is 0 Å². The molecule has 0 aromatic heterocycles. The second-order valence-corrected chi connectivity index (χ2v) is 3.33. The lowest BCUT2D eigenvalue weighted by molar-refractivity contribution is 0.682. The molecule has 0 saturated carbocycles. The van der Waals surface area contributed by atoms with Crippen LogP contribution in [0, 0.1) is 0 Å². The van der Waals surface area contributed by atoms with Gasteiger partial charge in [0.25, 0.3) is 0 Å². The zero-order chi connectivity index (χ0) is 6.41. The van der Waals surface area contributed by atoms with E-state index >= 15 is 0 Å². The molecule has 0 amide bonds. The van der Waals surface area contributed by atoms with Gasteiger partial charge < -0.3 is 5.73 Å². The quantitative estimate of drug-likeness (QED) is 0.559. The summed E-state index contributed by atoms with van der Waals surface area (Å²) in [7, 11) is -0.623. The molecule has 0 spiro atoms. The Kier molecular flexibility index (Phi) is 5.32. The van der Waals surface area contributed by atoms with Crippen molar-refractivity contribution in [3.05, 3.63) is 0 Å². The van der Waals surface area contributed by atoms with E-state index in [1.807, 2.05) is 0 Å². The van der Waals surface area contributed by atoms with Gasteiger partial charge in [0.1, 0.15) is 0 Å². The molecule has 0 radical (unpaired) electrons. The predicted molar refractivity (Wildman–Crippen MR) is 37.2 cm³/mol. The Morgan fingerprint density at radius 2 is 2.12 bits per heavy atom. The summed E-state index contributed by atoms with van der Waals surface area (Å²) in [6, 6.07) is 0. The molecule has 0 aliphatic heterocycles. The van der Waals surface area contributed by atoms with Gasteiger partial charge in [-0.3, -0.25) is 4.21 Å². The van der Waals surface area contributed by atoms with Crippen LogP contribution in [-0.2, 0) is 10.8 Å². The first kappa shape index (κ1) is 8.11. The minimum absolute atomic E-state index is 0.623. The van der Waals surface area contributed by atoms with Gasteiger partial charge in [-0.2, -0.15) is 0 Å². The van der Waals surface area contributed by atoms with Crippen LogP contribution in [0.4, 0.5) is 0 Å². The van der Waals surface area contributed by atoms with Crippen molar-refractivity contribution in [3.63, 3.8) is 0 Å². The van der Waals surface area contributed by atoms with E-state index in [-0.39, 0.29) is 0 Å². The second-order valence-electron chi connectivity index (χ2n) is 1.77. The molecule has 0 fully saturated rings. The van der Waals surface area contributed by atoms with E-state index in [9.17, 15) is 4.21 Å². The number of hydrogen-bond donors (Lipinski definition) is 1. The molecule has 1 unspecified atom stereocenters. The van der Waals surface area contributed by atoms with E-state index in [1.165, 1.54) is 0 Å². The highest BCUT2D eigenvalue weighted by molar-refractivity contribution is 7.84. The van der Waals surface area contributed by atoms with E-state index in [1.54, 1.807) is 6.26 Å². The first-order chi connectivity index (χ1) is 3.77. The highest BCUT2D eigenvalue weighted by atomic mass is 32.2. The van der Waals surface area contributed by atoms with Crippen molar-refractivity contribution in [1.29, 1.82) is 0 Å². The Morgan fingerprint density at radius 1 is 1.50 bits per heavy atom. The molecule has 1 atom stereocenters. The Morgan fingerprint density at radius 3 is 2.50 bits per heavy atom.